The predicted octanol–water partition coefficient (Wildman–Crippen LogP) is 3.29. The van der Waals surface area contributed by atoms with Crippen LogP contribution in [0, 0.1) is 0 Å². The summed E-state index contributed by atoms with van der Waals surface area (Å²) < 4.78 is 5.48. The van der Waals surface area contributed by atoms with E-state index in [1.807, 2.05) is 43.3 Å². The third-order valence-corrected chi connectivity index (χ3v) is 2.03. The van der Waals surface area contributed by atoms with Gasteiger partial charge in [-0.15, -0.1) is 11.6 Å². The lowest BCUT2D eigenvalue weighted by atomic mass is 10.3. The van der Waals surface area contributed by atoms with E-state index >= 15 is 0 Å². The molecule has 0 aliphatic heterocycles. The van der Waals surface area contributed by atoms with Crippen molar-refractivity contribution < 1.29 is 4.74 Å². The number of rotatable bonds is 6. The molecule has 0 saturated heterocycles. The zero-order chi connectivity index (χ0) is 10.9. The molecule has 1 N–H and O–H groups in total. The van der Waals surface area contributed by atoms with Gasteiger partial charge in [0.1, 0.15) is 5.75 Å². The Balaban J connectivity index is 2.55. The fourth-order valence-electron chi connectivity index (χ4n) is 1.21. The number of halogens is 1. The van der Waals surface area contributed by atoms with Crippen molar-refractivity contribution in [2.24, 2.45) is 0 Å². The SMILES string of the molecule is CCOc1ccccc1NC/C=C/CCl. The van der Waals surface area contributed by atoms with Gasteiger partial charge in [0.15, 0.2) is 0 Å². The van der Waals surface area contributed by atoms with Crippen molar-refractivity contribution in [2.75, 3.05) is 24.3 Å². The molecule has 3 heteroatoms. The largest absolute Gasteiger partial charge is 0.492 e. The molecule has 0 saturated carbocycles. The molecule has 0 heterocycles. The second-order valence-corrected chi connectivity index (χ2v) is 3.24. The molecule has 0 aliphatic rings. The van der Waals surface area contributed by atoms with E-state index in [4.69, 9.17) is 16.3 Å². The maximum Gasteiger partial charge on any atom is 0.142 e. The minimum atomic E-state index is 0.550. The molecule has 0 fully saturated rings. The molecule has 1 rings (SSSR count). The lowest BCUT2D eigenvalue weighted by Crippen LogP contribution is -2.02. The molecule has 0 amide bonds. The fraction of sp³-hybridized carbons (Fsp3) is 0.333. The van der Waals surface area contributed by atoms with E-state index < -0.39 is 0 Å². The van der Waals surface area contributed by atoms with Crippen LogP contribution in [-0.4, -0.2) is 19.0 Å². The first-order chi connectivity index (χ1) is 7.38. The zero-order valence-electron chi connectivity index (χ0n) is 8.87. The van der Waals surface area contributed by atoms with Gasteiger partial charge >= 0.3 is 0 Å². The Bertz CT molecular complexity index is 312. The number of benzene rings is 1. The van der Waals surface area contributed by atoms with Gasteiger partial charge in [0.05, 0.1) is 12.3 Å². The van der Waals surface area contributed by atoms with Crippen molar-refractivity contribution in [1.82, 2.24) is 0 Å². The second kappa shape index (κ2) is 7.18. The molecule has 1 aromatic carbocycles. The van der Waals surface area contributed by atoms with Gasteiger partial charge in [-0.3, -0.25) is 0 Å². The minimum absolute atomic E-state index is 0.550. The summed E-state index contributed by atoms with van der Waals surface area (Å²) in [6.07, 6.45) is 3.91. The summed E-state index contributed by atoms with van der Waals surface area (Å²) in [5.41, 5.74) is 1.01. The van der Waals surface area contributed by atoms with E-state index in [1.165, 1.54) is 0 Å². The highest BCUT2D eigenvalue weighted by atomic mass is 35.5. The smallest absolute Gasteiger partial charge is 0.142 e. The molecule has 15 heavy (non-hydrogen) atoms. The van der Waals surface area contributed by atoms with E-state index in [0.29, 0.717) is 12.5 Å². The summed E-state index contributed by atoms with van der Waals surface area (Å²) >= 11 is 5.53. The van der Waals surface area contributed by atoms with Gasteiger partial charge in [0.2, 0.25) is 0 Å². The van der Waals surface area contributed by atoms with Crippen molar-refractivity contribution >= 4 is 17.3 Å². The van der Waals surface area contributed by atoms with E-state index in [2.05, 4.69) is 5.32 Å². The molecule has 2 nitrogen and oxygen atoms in total. The number of ether oxygens (including phenoxy) is 1. The van der Waals surface area contributed by atoms with Gasteiger partial charge in [-0.05, 0) is 19.1 Å². The number of alkyl halides is 1. The second-order valence-electron chi connectivity index (χ2n) is 2.94. The van der Waals surface area contributed by atoms with Crippen molar-refractivity contribution in [3.8, 4) is 5.75 Å². The Kier molecular flexibility index (Phi) is 5.71. The molecule has 0 aromatic heterocycles. The van der Waals surface area contributed by atoms with E-state index in [9.17, 15) is 0 Å². The van der Waals surface area contributed by atoms with Crippen molar-refractivity contribution in [3.05, 3.63) is 36.4 Å². The number of hydrogen-bond donors (Lipinski definition) is 1. The average molecular weight is 226 g/mol. The Labute approximate surface area is 95.9 Å². The molecule has 1 aromatic rings. The van der Waals surface area contributed by atoms with Crippen LogP contribution in [0.4, 0.5) is 5.69 Å². The summed E-state index contributed by atoms with van der Waals surface area (Å²) in [6.45, 7) is 3.41. The quantitative estimate of drug-likeness (QED) is 0.593. The van der Waals surface area contributed by atoms with Crippen LogP contribution in [0.25, 0.3) is 0 Å². The number of para-hydroxylation sites is 2. The highest BCUT2D eigenvalue weighted by molar-refractivity contribution is 6.18. The number of nitrogens with one attached hydrogen (secondary N) is 1. The van der Waals surface area contributed by atoms with Crippen LogP contribution >= 0.6 is 11.6 Å². The Morgan fingerprint density at radius 1 is 1.33 bits per heavy atom. The fourth-order valence-corrected chi connectivity index (χ4v) is 1.34. The summed E-state index contributed by atoms with van der Waals surface area (Å²) in [5.74, 6) is 1.44. The van der Waals surface area contributed by atoms with Gasteiger partial charge in [-0.1, -0.05) is 24.3 Å². The first-order valence-corrected chi connectivity index (χ1v) is 5.58. The first-order valence-electron chi connectivity index (χ1n) is 5.05. The maximum atomic E-state index is 5.53. The monoisotopic (exact) mass is 225 g/mol. The lowest BCUT2D eigenvalue weighted by molar-refractivity contribution is 0.342. The summed E-state index contributed by atoms with van der Waals surface area (Å²) in [4.78, 5) is 0. The number of allylic oxidation sites excluding steroid dienone is 1. The topological polar surface area (TPSA) is 21.3 Å². The minimum Gasteiger partial charge on any atom is -0.492 e. The van der Waals surface area contributed by atoms with Gasteiger partial charge in [-0.25, -0.2) is 0 Å². The third kappa shape index (κ3) is 4.26. The van der Waals surface area contributed by atoms with Crippen LogP contribution in [-0.2, 0) is 0 Å². The molecule has 0 aliphatic carbocycles. The molecular formula is C12H16ClNO. The van der Waals surface area contributed by atoms with Crippen molar-refractivity contribution in [1.29, 1.82) is 0 Å². The molecule has 0 unspecified atom stereocenters. The van der Waals surface area contributed by atoms with Crippen LogP contribution in [0.1, 0.15) is 6.92 Å². The van der Waals surface area contributed by atoms with Crippen LogP contribution in [0.5, 0.6) is 5.75 Å². The van der Waals surface area contributed by atoms with Gasteiger partial charge in [-0.2, -0.15) is 0 Å². The first kappa shape index (κ1) is 11.9. The van der Waals surface area contributed by atoms with Crippen LogP contribution in [0.15, 0.2) is 36.4 Å². The van der Waals surface area contributed by atoms with E-state index in [1.54, 1.807) is 0 Å². The Morgan fingerprint density at radius 2 is 2.13 bits per heavy atom. The van der Waals surface area contributed by atoms with Gasteiger partial charge < -0.3 is 10.1 Å². The van der Waals surface area contributed by atoms with Crippen LogP contribution in [0.3, 0.4) is 0 Å². The average Bonchev–Trinajstić information content (AvgIpc) is 2.27. The van der Waals surface area contributed by atoms with Crippen LogP contribution in [0.2, 0.25) is 0 Å². The molecule has 0 radical (unpaired) electrons. The standard InChI is InChI=1S/C12H16ClNO/c1-2-15-12-8-4-3-7-11(12)14-10-6-5-9-13/h3-8,14H,2,9-10H2,1H3/b6-5+. The normalized spacial score (nSPS) is 10.5. The van der Waals surface area contributed by atoms with Gasteiger partial charge in [0, 0.05) is 12.4 Å². The Morgan fingerprint density at radius 3 is 2.87 bits per heavy atom. The number of anilines is 1. The highest BCUT2D eigenvalue weighted by Gasteiger charge is 1.99. The van der Waals surface area contributed by atoms with Crippen molar-refractivity contribution in [3.63, 3.8) is 0 Å². The zero-order valence-corrected chi connectivity index (χ0v) is 9.63. The Hall–Kier alpha value is -1.15. The highest BCUT2D eigenvalue weighted by Crippen LogP contribution is 2.23. The van der Waals surface area contributed by atoms with Gasteiger partial charge in [0.25, 0.3) is 0 Å². The van der Waals surface area contributed by atoms with Crippen LogP contribution < -0.4 is 10.1 Å². The summed E-state index contributed by atoms with van der Waals surface area (Å²) in [7, 11) is 0. The number of hydrogen-bond acceptors (Lipinski definition) is 2. The van der Waals surface area contributed by atoms with E-state index in [0.717, 1.165) is 18.0 Å². The lowest BCUT2D eigenvalue weighted by Gasteiger charge is -2.10. The molecule has 82 valence electrons. The molecule has 0 atom stereocenters. The summed E-state index contributed by atoms with van der Waals surface area (Å²) in [5, 5.41) is 3.26. The summed E-state index contributed by atoms with van der Waals surface area (Å²) in [6, 6.07) is 7.90. The molecule has 0 bridgehead atoms. The molecule has 0 spiro atoms. The van der Waals surface area contributed by atoms with E-state index in [-0.39, 0.29) is 0 Å². The predicted molar refractivity (Wildman–Crippen MR) is 66.0 cm³/mol. The third-order valence-electron chi connectivity index (χ3n) is 1.85. The van der Waals surface area contributed by atoms with Crippen molar-refractivity contribution in [2.45, 2.75) is 6.92 Å². The maximum absolute atomic E-state index is 5.53. The molecular weight excluding hydrogens is 210 g/mol.